The van der Waals surface area contributed by atoms with Crippen LogP contribution in [0.15, 0.2) is 0 Å². The van der Waals surface area contributed by atoms with E-state index in [-0.39, 0.29) is 23.5 Å². The summed E-state index contributed by atoms with van der Waals surface area (Å²) in [5.74, 6) is -0.220. The third-order valence-electron chi connectivity index (χ3n) is 6.73. The van der Waals surface area contributed by atoms with E-state index in [2.05, 4.69) is 34.6 Å². The van der Waals surface area contributed by atoms with Crippen molar-refractivity contribution in [3.05, 3.63) is 0 Å². The molecule has 0 aliphatic heterocycles. The van der Waals surface area contributed by atoms with Crippen molar-refractivity contribution in [3.8, 4) is 0 Å². The molecule has 0 aromatic rings. The standard InChI is InChI=1S/C27H52O4/c1-6-11-13-15-17-19-21-25(28)30-23-27(9-4,10-5)24(8-3)31-26(29)22-20-18-16-14-12-7-2/h24H,6-23H2,1-5H3. The summed E-state index contributed by atoms with van der Waals surface area (Å²) in [5, 5.41) is 0. The molecule has 0 spiro atoms. The van der Waals surface area contributed by atoms with Gasteiger partial charge in [-0.05, 0) is 32.1 Å². The van der Waals surface area contributed by atoms with E-state index in [1.54, 1.807) is 0 Å². The van der Waals surface area contributed by atoms with E-state index < -0.39 is 0 Å². The molecule has 0 fully saturated rings. The summed E-state index contributed by atoms with van der Waals surface area (Å²) in [6.45, 7) is 11.0. The van der Waals surface area contributed by atoms with Gasteiger partial charge in [0.25, 0.3) is 0 Å². The van der Waals surface area contributed by atoms with Crippen LogP contribution in [0.25, 0.3) is 0 Å². The van der Waals surface area contributed by atoms with E-state index in [1.807, 2.05) is 0 Å². The minimum absolute atomic E-state index is 0.105. The number of carbonyl (C=O) groups is 2. The SMILES string of the molecule is CCCCCCCCC(=O)OCC(CC)(CC)C(CC)OC(=O)CCCCCCCC. The molecule has 1 atom stereocenters. The molecule has 0 rings (SSSR count). The number of carbonyl (C=O) groups excluding carboxylic acids is 2. The molecule has 184 valence electrons. The van der Waals surface area contributed by atoms with Gasteiger partial charge in [-0.2, -0.15) is 0 Å². The maximum absolute atomic E-state index is 12.4. The first-order valence-electron chi connectivity index (χ1n) is 13.3. The van der Waals surface area contributed by atoms with Crippen LogP contribution in [0.4, 0.5) is 0 Å². The second-order valence-electron chi connectivity index (χ2n) is 9.15. The Kier molecular flexibility index (Phi) is 18.9. The largest absolute Gasteiger partial charge is 0.465 e. The van der Waals surface area contributed by atoms with E-state index in [0.29, 0.717) is 19.4 Å². The van der Waals surface area contributed by atoms with Gasteiger partial charge in [0.1, 0.15) is 12.7 Å². The third kappa shape index (κ3) is 13.9. The highest BCUT2D eigenvalue weighted by Crippen LogP contribution is 2.35. The lowest BCUT2D eigenvalue weighted by molar-refractivity contribution is -0.165. The molecule has 0 radical (unpaired) electrons. The third-order valence-corrected chi connectivity index (χ3v) is 6.73. The molecule has 0 heterocycles. The second-order valence-corrected chi connectivity index (χ2v) is 9.15. The number of hydrogen-bond donors (Lipinski definition) is 0. The van der Waals surface area contributed by atoms with Gasteiger partial charge in [0, 0.05) is 18.3 Å². The zero-order valence-corrected chi connectivity index (χ0v) is 21.4. The molecule has 4 heteroatoms. The van der Waals surface area contributed by atoms with Gasteiger partial charge in [0.15, 0.2) is 0 Å². The van der Waals surface area contributed by atoms with Crippen molar-refractivity contribution in [3.63, 3.8) is 0 Å². The van der Waals surface area contributed by atoms with E-state index in [4.69, 9.17) is 9.47 Å². The molecular formula is C27H52O4. The fourth-order valence-corrected chi connectivity index (χ4v) is 4.26. The van der Waals surface area contributed by atoms with Crippen LogP contribution in [0.1, 0.15) is 144 Å². The lowest BCUT2D eigenvalue weighted by atomic mass is 9.76. The van der Waals surface area contributed by atoms with Gasteiger partial charge >= 0.3 is 11.9 Å². The van der Waals surface area contributed by atoms with Crippen LogP contribution in [0.2, 0.25) is 0 Å². The molecule has 0 saturated carbocycles. The molecule has 1 unspecified atom stereocenters. The lowest BCUT2D eigenvalue weighted by Gasteiger charge is -2.38. The van der Waals surface area contributed by atoms with Crippen LogP contribution in [-0.2, 0) is 19.1 Å². The van der Waals surface area contributed by atoms with Crippen molar-refractivity contribution < 1.29 is 19.1 Å². The monoisotopic (exact) mass is 440 g/mol. The Balaban J connectivity index is 4.45. The summed E-state index contributed by atoms with van der Waals surface area (Å²) < 4.78 is 11.6. The summed E-state index contributed by atoms with van der Waals surface area (Å²) in [6.07, 6.45) is 17.1. The zero-order chi connectivity index (χ0) is 23.4. The predicted octanol–water partition coefficient (Wildman–Crippen LogP) is 8.16. The van der Waals surface area contributed by atoms with Crippen molar-refractivity contribution in [1.82, 2.24) is 0 Å². The summed E-state index contributed by atoms with van der Waals surface area (Å²) in [6, 6.07) is 0. The lowest BCUT2D eigenvalue weighted by Crippen LogP contribution is -2.42. The van der Waals surface area contributed by atoms with E-state index >= 15 is 0 Å². The topological polar surface area (TPSA) is 52.6 Å². The molecule has 0 aliphatic carbocycles. The van der Waals surface area contributed by atoms with Gasteiger partial charge in [0.2, 0.25) is 0 Å². The molecular weight excluding hydrogens is 388 g/mol. The first kappa shape index (κ1) is 29.9. The van der Waals surface area contributed by atoms with Crippen molar-refractivity contribution in [2.24, 2.45) is 5.41 Å². The Labute approximate surface area is 193 Å². The molecule has 4 nitrogen and oxygen atoms in total. The molecule has 0 bridgehead atoms. The minimum atomic E-state index is -0.289. The number of hydrogen-bond acceptors (Lipinski definition) is 4. The summed E-state index contributed by atoms with van der Waals surface area (Å²) >= 11 is 0. The molecule has 0 aliphatic rings. The fraction of sp³-hybridized carbons (Fsp3) is 0.926. The van der Waals surface area contributed by atoms with Crippen molar-refractivity contribution in [1.29, 1.82) is 0 Å². The van der Waals surface area contributed by atoms with Crippen molar-refractivity contribution in [2.45, 2.75) is 150 Å². The Morgan fingerprint density at radius 2 is 1.10 bits per heavy atom. The number of unbranched alkanes of at least 4 members (excludes halogenated alkanes) is 10. The maximum atomic E-state index is 12.4. The summed E-state index contributed by atoms with van der Waals surface area (Å²) in [4.78, 5) is 24.7. The smallest absolute Gasteiger partial charge is 0.306 e. The second kappa shape index (κ2) is 19.6. The first-order valence-corrected chi connectivity index (χ1v) is 13.3. The summed E-state index contributed by atoms with van der Waals surface area (Å²) in [5.41, 5.74) is -0.289. The maximum Gasteiger partial charge on any atom is 0.306 e. The molecule has 0 aromatic heterocycles. The Morgan fingerprint density at radius 1 is 0.645 bits per heavy atom. The van der Waals surface area contributed by atoms with Gasteiger partial charge in [0.05, 0.1) is 0 Å². The van der Waals surface area contributed by atoms with Gasteiger partial charge in [-0.1, -0.05) is 98.8 Å². The first-order chi connectivity index (χ1) is 15.0. The van der Waals surface area contributed by atoms with E-state index in [9.17, 15) is 9.59 Å². The Morgan fingerprint density at radius 3 is 1.55 bits per heavy atom. The quantitative estimate of drug-likeness (QED) is 0.133. The number of esters is 2. The normalized spacial score (nSPS) is 12.5. The highest BCUT2D eigenvalue weighted by atomic mass is 16.6. The number of rotatable bonds is 21. The van der Waals surface area contributed by atoms with Gasteiger partial charge in [-0.3, -0.25) is 9.59 Å². The highest BCUT2D eigenvalue weighted by molar-refractivity contribution is 5.70. The Bertz CT molecular complexity index is 443. The molecule has 0 amide bonds. The van der Waals surface area contributed by atoms with Gasteiger partial charge in [-0.25, -0.2) is 0 Å². The predicted molar refractivity (Wildman–Crippen MR) is 130 cm³/mol. The minimum Gasteiger partial charge on any atom is -0.465 e. The van der Waals surface area contributed by atoms with Crippen LogP contribution in [0.5, 0.6) is 0 Å². The average Bonchev–Trinajstić information content (AvgIpc) is 2.78. The zero-order valence-electron chi connectivity index (χ0n) is 21.4. The summed E-state index contributed by atoms with van der Waals surface area (Å²) in [7, 11) is 0. The molecule has 31 heavy (non-hydrogen) atoms. The van der Waals surface area contributed by atoms with Crippen LogP contribution in [-0.4, -0.2) is 24.6 Å². The fourth-order valence-electron chi connectivity index (χ4n) is 4.26. The van der Waals surface area contributed by atoms with E-state index in [0.717, 1.165) is 44.9 Å². The highest BCUT2D eigenvalue weighted by Gasteiger charge is 2.38. The average molecular weight is 441 g/mol. The van der Waals surface area contributed by atoms with Crippen LogP contribution >= 0.6 is 0 Å². The van der Waals surface area contributed by atoms with Crippen LogP contribution in [0.3, 0.4) is 0 Å². The van der Waals surface area contributed by atoms with E-state index in [1.165, 1.54) is 51.4 Å². The van der Waals surface area contributed by atoms with Crippen LogP contribution in [0, 0.1) is 5.41 Å². The molecule has 0 N–H and O–H groups in total. The van der Waals surface area contributed by atoms with Gasteiger partial charge in [-0.15, -0.1) is 0 Å². The number of ether oxygens (including phenoxy) is 2. The molecule has 0 aromatic carbocycles. The van der Waals surface area contributed by atoms with Crippen LogP contribution < -0.4 is 0 Å². The molecule has 0 saturated heterocycles. The van der Waals surface area contributed by atoms with Crippen molar-refractivity contribution >= 4 is 11.9 Å². The van der Waals surface area contributed by atoms with Gasteiger partial charge < -0.3 is 9.47 Å². The van der Waals surface area contributed by atoms with Crippen molar-refractivity contribution in [2.75, 3.05) is 6.61 Å². The Hall–Kier alpha value is -1.06.